The molecule has 0 radical (unpaired) electrons. The second kappa shape index (κ2) is 5.10. The van der Waals surface area contributed by atoms with Crippen molar-refractivity contribution in [2.24, 2.45) is 0 Å². The summed E-state index contributed by atoms with van der Waals surface area (Å²) in [7, 11) is 0. The minimum absolute atomic E-state index is 0.237. The number of hydrogen-bond acceptors (Lipinski definition) is 2. The molecule has 2 rings (SSSR count). The molecule has 0 spiro atoms. The molecular weight excluding hydrogens is 217 g/mol. The number of rotatable bonds is 4. The van der Waals surface area contributed by atoms with Gasteiger partial charge in [0.15, 0.2) is 0 Å². The molecule has 0 amide bonds. The highest BCUT2D eigenvalue weighted by atomic mass is 19.1. The lowest BCUT2D eigenvalue weighted by molar-refractivity contribution is 0.575. The molecule has 0 unspecified atom stereocenters. The summed E-state index contributed by atoms with van der Waals surface area (Å²) >= 11 is 0. The summed E-state index contributed by atoms with van der Waals surface area (Å²) in [5.74, 6) is 0.580. The van der Waals surface area contributed by atoms with Crippen molar-refractivity contribution in [2.45, 2.75) is 26.4 Å². The van der Waals surface area contributed by atoms with Crippen LogP contribution in [0.4, 0.5) is 4.39 Å². The fraction of sp³-hybridized carbons (Fsp3) is 0.308. The molecule has 1 aromatic carbocycles. The van der Waals surface area contributed by atoms with Gasteiger partial charge in [-0.05, 0) is 12.1 Å². The Kier molecular flexibility index (Phi) is 3.54. The molecule has 0 saturated heterocycles. The van der Waals surface area contributed by atoms with Crippen LogP contribution >= 0.6 is 0 Å². The molecule has 90 valence electrons. The molecule has 0 aliphatic heterocycles. The summed E-state index contributed by atoms with van der Waals surface area (Å²) in [5, 5.41) is 3.25. The summed E-state index contributed by atoms with van der Waals surface area (Å²) in [5.41, 5.74) is 1.26. The molecule has 0 aliphatic carbocycles. The zero-order valence-corrected chi connectivity index (χ0v) is 10.00. The number of H-pyrrole nitrogens is 1. The summed E-state index contributed by atoms with van der Waals surface area (Å²) in [6, 6.07) is 7.07. The minimum atomic E-state index is -0.237. The van der Waals surface area contributed by atoms with Crippen LogP contribution in [0.25, 0.3) is 11.3 Å². The number of aromatic nitrogens is 2. The van der Waals surface area contributed by atoms with E-state index in [2.05, 4.69) is 29.1 Å². The van der Waals surface area contributed by atoms with Crippen molar-refractivity contribution in [3.8, 4) is 11.3 Å². The van der Waals surface area contributed by atoms with Gasteiger partial charge in [-0.3, -0.25) is 0 Å². The predicted molar refractivity (Wildman–Crippen MR) is 66.0 cm³/mol. The second-order valence-corrected chi connectivity index (χ2v) is 4.26. The molecule has 0 atom stereocenters. The van der Waals surface area contributed by atoms with Crippen LogP contribution in [0.3, 0.4) is 0 Å². The van der Waals surface area contributed by atoms with E-state index in [9.17, 15) is 4.39 Å². The van der Waals surface area contributed by atoms with Crippen molar-refractivity contribution in [3.63, 3.8) is 0 Å². The number of benzene rings is 1. The van der Waals surface area contributed by atoms with Crippen molar-refractivity contribution in [1.29, 1.82) is 0 Å². The lowest BCUT2D eigenvalue weighted by Crippen LogP contribution is -2.22. The Bertz CT molecular complexity index is 491. The molecule has 4 heteroatoms. The van der Waals surface area contributed by atoms with Gasteiger partial charge in [-0.15, -0.1) is 0 Å². The van der Waals surface area contributed by atoms with Crippen LogP contribution in [-0.4, -0.2) is 16.0 Å². The summed E-state index contributed by atoms with van der Waals surface area (Å²) in [4.78, 5) is 7.33. The van der Waals surface area contributed by atoms with Crippen molar-refractivity contribution in [3.05, 3.63) is 42.1 Å². The predicted octanol–water partition coefficient (Wildman–Crippen LogP) is 2.71. The van der Waals surface area contributed by atoms with Gasteiger partial charge < -0.3 is 10.3 Å². The van der Waals surface area contributed by atoms with Gasteiger partial charge in [-0.25, -0.2) is 9.37 Å². The smallest absolute Gasteiger partial charge is 0.132 e. The average molecular weight is 233 g/mol. The van der Waals surface area contributed by atoms with Crippen LogP contribution in [0.2, 0.25) is 0 Å². The zero-order valence-electron chi connectivity index (χ0n) is 10.00. The molecule has 2 aromatic rings. The molecule has 1 aromatic heterocycles. The second-order valence-electron chi connectivity index (χ2n) is 4.26. The first kappa shape index (κ1) is 11.8. The Morgan fingerprint density at radius 1 is 1.35 bits per heavy atom. The van der Waals surface area contributed by atoms with Crippen LogP contribution in [0.1, 0.15) is 19.7 Å². The summed E-state index contributed by atoms with van der Waals surface area (Å²) in [6.45, 7) is 4.80. The summed E-state index contributed by atoms with van der Waals surface area (Å²) < 4.78 is 13.5. The van der Waals surface area contributed by atoms with Crippen molar-refractivity contribution in [1.82, 2.24) is 15.3 Å². The van der Waals surface area contributed by atoms with Crippen molar-refractivity contribution >= 4 is 0 Å². The standard InChI is InChI=1S/C13H16FN3/c1-9(2)15-8-13-16-7-12(17-13)10-5-3-4-6-11(10)14/h3-7,9,15H,8H2,1-2H3,(H,16,17). The molecular formula is C13H16FN3. The van der Waals surface area contributed by atoms with Crippen molar-refractivity contribution < 1.29 is 4.39 Å². The van der Waals surface area contributed by atoms with Crippen LogP contribution < -0.4 is 5.32 Å². The van der Waals surface area contributed by atoms with Gasteiger partial charge in [-0.2, -0.15) is 0 Å². The number of nitrogens with zero attached hydrogens (tertiary/aromatic N) is 1. The number of halogens is 1. The van der Waals surface area contributed by atoms with Gasteiger partial charge >= 0.3 is 0 Å². The highest BCUT2D eigenvalue weighted by Gasteiger charge is 2.07. The van der Waals surface area contributed by atoms with E-state index in [1.807, 2.05) is 6.07 Å². The minimum Gasteiger partial charge on any atom is -0.341 e. The maximum Gasteiger partial charge on any atom is 0.132 e. The molecule has 2 N–H and O–H groups in total. The lowest BCUT2D eigenvalue weighted by atomic mass is 10.1. The van der Waals surface area contributed by atoms with Crippen LogP contribution in [-0.2, 0) is 6.54 Å². The summed E-state index contributed by atoms with van der Waals surface area (Å²) in [6.07, 6.45) is 1.66. The quantitative estimate of drug-likeness (QED) is 0.852. The molecule has 0 bridgehead atoms. The maximum absolute atomic E-state index is 13.5. The van der Waals surface area contributed by atoms with Gasteiger partial charge in [0.2, 0.25) is 0 Å². The Labute approximate surface area is 100 Å². The molecule has 1 heterocycles. The first-order chi connectivity index (χ1) is 8.16. The third-order valence-electron chi connectivity index (χ3n) is 2.47. The Balaban J connectivity index is 2.16. The highest BCUT2D eigenvalue weighted by molar-refractivity contribution is 5.59. The maximum atomic E-state index is 13.5. The number of nitrogens with one attached hydrogen (secondary N) is 2. The lowest BCUT2D eigenvalue weighted by Gasteiger charge is -2.05. The monoisotopic (exact) mass is 233 g/mol. The number of aromatic amines is 1. The van der Waals surface area contributed by atoms with E-state index >= 15 is 0 Å². The number of imidazole rings is 1. The zero-order chi connectivity index (χ0) is 12.3. The van der Waals surface area contributed by atoms with Gasteiger partial charge in [0, 0.05) is 11.6 Å². The van der Waals surface area contributed by atoms with Gasteiger partial charge in [0.05, 0.1) is 18.4 Å². The van der Waals surface area contributed by atoms with Gasteiger partial charge in [0.25, 0.3) is 0 Å². The number of hydrogen-bond donors (Lipinski definition) is 2. The van der Waals surface area contributed by atoms with E-state index in [0.29, 0.717) is 23.8 Å². The molecule has 0 saturated carbocycles. The van der Waals surface area contributed by atoms with E-state index in [0.717, 1.165) is 5.82 Å². The Morgan fingerprint density at radius 2 is 2.12 bits per heavy atom. The van der Waals surface area contributed by atoms with Crippen LogP contribution in [0.15, 0.2) is 30.5 Å². The van der Waals surface area contributed by atoms with Gasteiger partial charge in [0.1, 0.15) is 11.6 Å². The van der Waals surface area contributed by atoms with Crippen molar-refractivity contribution in [2.75, 3.05) is 0 Å². The molecule has 17 heavy (non-hydrogen) atoms. The van der Waals surface area contributed by atoms with E-state index < -0.39 is 0 Å². The van der Waals surface area contributed by atoms with Gasteiger partial charge in [-0.1, -0.05) is 26.0 Å². The first-order valence-electron chi connectivity index (χ1n) is 5.69. The highest BCUT2D eigenvalue weighted by Crippen LogP contribution is 2.20. The van der Waals surface area contributed by atoms with Crippen LogP contribution in [0, 0.1) is 5.82 Å². The normalized spacial score (nSPS) is 11.1. The topological polar surface area (TPSA) is 40.7 Å². The SMILES string of the molecule is CC(C)NCc1ncc(-c2ccccc2F)[nH]1. The van der Waals surface area contributed by atoms with E-state index in [1.54, 1.807) is 18.3 Å². The first-order valence-corrected chi connectivity index (χ1v) is 5.69. The molecule has 0 aliphatic rings. The van der Waals surface area contributed by atoms with E-state index in [4.69, 9.17) is 0 Å². The fourth-order valence-electron chi connectivity index (χ4n) is 1.57. The average Bonchev–Trinajstić information content (AvgIpc) is 2.75. The van der Waals surface area contributed by atoms with Crippen LogP contribution in [0.5, 0.6) is 0 Å². The van der Waals surface area contributed by atoms with E-state index in [1.165, 1.54) is 6.07 Å². The van der Waals surface area contributed by atoms with E-state index in [-0.39, 0.29) is 5.82 Å². The largest absolute Gasteiger partial charge is 0.341 e. The third kappa shape index (κ3) is 2.91. The third-order valence-corrected chi connectivity index (χ3v) is 2.47. The fourth-order valence-corrected chi connectivity index (χ4v) is 1.57. The molecule has 0 fully saturated rings. The Hall–Kier alpha value is -1.68. The Morgan fingerprint density at radius 3 is 2.82 bits per heavy atom. The molecule has 3 nitrogen and oxygen atoms in total.